The third-order valence-corrected chi connectivity index (χ3v) is 3.63. The molecule has 2 N–H and O–H groups in total. The second kappa shape index (κ2) is 5.93. The fourth-order valence-electron chi connectivity index (χ4n) is 2.56. The summed E-state index contributed by atoms with van der Waals surface area (Å²) in [5, 5.41) is 13.2. The average molecular weight is 263 g/mol. The van der Waals surface area contributed by atoms with E-state index in [9.17, 15) is 5.11 Å². The molecule has 1 unspecified atom stereocenters. The second-order valence-electron chi connectivity index (χ2n) is 5.92. The van der Waals surface area contributed by atoms with E-state index in [1.165, 1.54) is 17.5 Å². The van der Waals surface area contributed by atoms with Gasteiger partial charge in [-0.1, -0.05) is 13.0 Å². The van der Waals surface area contributed by atoms with E-state index in [0.29, 0.717) is 19.1 Å². The summed E-state index contributed by atoms with van der Waals surface area (Å²) in [6.07, 6.45) is 2.94. The Morgan fingerprint density at radius 2 is 2.21 bits per heavy atom. The molecule has 0 bridgehead atoms. The van der Waals surface area contributed by atoms with Crippen LogP contribution in [0.2, 0.25) is 0 Å². The van der Waals surface area contributed by atoms with Gasteiger partial charge < -0.3 is 15.2 Å². The van der Waals surface area contributed by atoms with Crippen LogP contribution in [0.4, 0.5) is 0 Å². The van der Waals surface area contributed by atoms with Crippen LogP contribution < -0.4 is 10.1 Å². The third-order valence-electron chi connectivity index (χ3n) is 3.63. The standard InChI is InChI=1S/C16H25NO2/c1-4-17-15-8-5-12-11-13(6-7-14(12)15)19-10-9-16(2,3)18/h6-7,11,15,17-18H,4-5,8-10H2,1-3H3. The zero-order valence-corrected chi connectivity index (χ0v) is 12.2. The Kier molecular flexibility index (Phi) is 4.48. The fourth-order valence-corrected chi connectivity index (χ4v) is 2.56. The molecule has 0 fully saturated rings. The molecule has 2 rings (SSSR count). The minimum atomic E-state index is -0.660. The van der Waals surface area contributed by atoms with E-state index in [0.717, 1.165) is 18.7 Å². The van der Waals surface area contributed by atoms with Crippen LogP contribution in [0, 0.1) is 0 Å². The molecule has 0 aromatic heterocycles. The van der Waals surface area contributed by atoms with Crippen LogP contribution in [0.1, 0.15) is 50.8 Å². The molecule has 1 atom stereocenters. The van der Waals surface area contributed by atoms with Crippen LogP contribution in [-0.4, -0.2) is 23.9 Å². The SMILES string of the molecule is CCNC1CCc2cc(OCCC(C)(C)O)ccc21. The molecular weight excluding hydrogens is 238 g/mol. The lowest BCUT2D eigenvalue weighted by Crippen LogP contribution is -2.21. The average Bonchev–Trinajstić information content (AvgIpc) is 2.71. The minimum Gasteiger partial charge on any atom is -0.493 e. The highest BCUT2D eigenvalue weighted by molar-refractivity contribution is 5.40. The van der Waals surface area contributed by atoms with Crippen molar-refractivity contribution >= 4 is 0 Å². The highest BCUT2D eigenvalue weighted by Crippen LogP contribution is 2.33. The lowest BCUT2D eigenvalue weighted by atomic mass is 10.1. The smallest absolute Gasteiger partial charge is 0.119 e. The first-order valence-electron chi connectivity index (χ1n) is 7.21. The van der Waals surface area contributed by atoms with E-state index in [1.54, 1.807) is 13.8 Å². The molecule has 0 amide bonds. The Bertz CT molecular complexity index is 423. The van der Waals surface area contributed by atoms with Crippen LogP contribution in [0.25, 0.3) is 0 Å². The highest BCUT2D eigenvalue weighted by atomic mass is 16.5. The van der Waals surface area contributed by atoms with Crippen molar-refractivity contribution < 1.29 is 9.84 Å². The van der Waals surface area contributed by atoms with Gasteiger partial charge in [-0.15, -0.1) is 0 Å². The molecule has 1 aliphatic carbocycles. The summed E-state index contributed by atoms with van der Waals surface area (Å²) in [6.45, 7) is 7.32. The Labute approximate surface area is 116 Å². The van der Waals surface area contributed by atoms with E-state index >= 15 is 0 Å². The van der Waals surface area contributed by atoms with E-state index in [1.807, 2.05) is 6.07 Å². The summed E-state index contributed by atoms with van der Waals surface area (Å²) in [5.41, 5.74) is 2.15. The van der Waals surface area contributed by atoms with Crippen LogP contribution in [-0.2, 0) is 6.42 Å². The van der Waals surface area contributed by atoms with Crippen molar-refractivity contribution in [2.24, 2.45) is 0 Å². The third kappa shape index (κ3) is 3.95. The van der Waals surface area contributed by atoms with Gasteiger partial charge in [-0.25, -0.2) is 0 Å². The number of hydrogen-bond acceptors (Lipinski definition) is 3. The van der Waals surface area contributed by atoms with E-state index in [2.05, 4.69) is 24.4 Å². The maximum Gasteiger partial charge on any atom is 0.119 e. The monoisotopic (exact) mass is 263 g/mol. The molecule has 0 spiro atoms. The Balaban J connectivity index is 1.95. The normalized spacial score (nSPS) is 18.4. The predicted octanol–water partition coefficient (Wildman–Crippen LogP) is 2.82. The topological polar surface area (TPSA) is 41.5 Å². The first kappa shape index (κ1) is 14.4. The molecule has 0 saturated carbocycles. The minimum absolute atomic E-state index is 0.505. The highest BCUT2D eigenvalue weighted by Gasteiger charge is 2.21. The number of hydrogen-bond donors (Lipinski definition) is 2. The molecule has 1 aromatic carbocycles. The molecule has 3 nitrogen and oxygen atoms in total. The van der Waals surface area contributed by atoms with Gasteiger partial charge >= 0.3 is 0 Å². The van der Waals surface area contributed by atoms with E-state index in [4.69, 9.17) is 4.74 Å². The van der Waals surface area contributed by atoms with Gasteiger partial charge in [-0.2, -0.15) is 0 Å². The molecule has 3 heteroatoms. The van der Waals surface area contributed by atoms with Crippen LogP contribution in [0.15, 0.2) is 18.2 Å². The molecule has 0 heterocycles. The van der Waals surface area contributed by atoms with Gasteiger partial charge in [0.25, 0.3) is 0 Å². The molecule has 1 aromatic rings. The number of ether oxygens (including phenoxy) is 1. The summed E-state index contributed by atoms with van der Waals surface area (Å²) < 4.78 is 5.72. The van der Waals surface area contributed by atoms with Crippen molar-refractivity contribution in [2.45, 2.75) is 51.7 Å². The van der Waals surface area contributed by atoms with Gasteiger partial charge in [0, 0.05) is 12.5 Å². The van der Waals surface area contributed by atoms with Crippen molar-refractivity contribution in [1.29, 1.82) is 0 Å². The van der Waals surface area contributed by atoms with Gasteiger partial charge in [0.2, 0.25) is 0 Å². The Morgan fingerprint density at radius 1 is 1.42 bits per heavy atom. The zero-order valence-electron chi connectivity index (χ0n) is 12.2. The lowest BCUT2D eigenvalue weighted by molar-refractivity contribution is 0.0553. The van der Waals surface area contributed by atoms with E-state index in [-0.39, 0.29) is 0 Å². The quantitative estimate of drug-likeness (QED) is 0.829. The van der Waals surface area contributed by atoms with Crippen LogP contribution >= 0.6 is 0 Å². The molecule has 0 aliphatic heterocycles. The molecule has 106 valence electrons. The van der Waals surface area contributed by atoms with Gasteiger partial charge in [-0.05, 0) is 56.5 Å². The number of aliphatic hydroxyl groups is 1. The van der Waals surface area contributed by atoms with Crippen molar-refractivity contribution in [1.82, 2.24) is 5.32 Å². The Hall–Kier alpha value is -1.06. The first-order valence-corrected chi connectivity index (χ1v) is 7.21. The maximum atomic E-state index is 9.66. The van der Waals surface area contributed by atoms with E-state index < -0.39 is 5.60 Å². The zero-order chi connectivity index (χ0) is 13.9. The lowest BCUT2D eigenvalue weighted by Gasteiger charge is -2.17. The van der Waals surface area contributed by atoms with Crippen LogP contribution in [0.3, 0.4) is 0 Å². The second-order valence-corrected chi connectivity index (χ2v) is 5.92. The molecule has 1 aliphatic rings. The number of rotatable bonds is 6. The van der Waals surface area contributed by atoms with Crippen molar-refractivity contribution in [3.05, 3.63) is 29.3 Å². The molecule has 0 radical (unpaired) electrons. The number of benzene rings is 1. The van der Waals surface area contributed by atoms with Crippen molar-refractivity contribution in [3.8, 4) is 5.75 Å². The molecular formula is C16H25NO2. The largest absolute Gasteiger partial charge is 0.493 e. The Morgan fingerprint density at radius 3 is 2.89 bits per heavy atom. The van der Waals surface area contributed by atoms with Crippen molar-refractivity contribution in [2.75, 3.05) is 13.2 Å². The summed E-state index contributed by atoms with van der Waals surface area (Å²) in [6, 6.07) is 6.87. The summed E-state index contributed by atoms with van der Waals surface area (Å²) in [4.78, 5) is 0. The predicted molar refractivity (Wildman–Crippen MR) is 77.6 cm³/mol. The van der Waals surface area contributed by atoms with Gasteiger partial charge in [-0.3, -0.25) is 0 Å². The summed E-state index contributed by atoms with van der Waals surface area (Å²) in [5.74, 6) is 0.917. The maximum absolute atomic E-state index is 9.66. The summed E-state index contributed by atoms with van der Waals surface area (Å²) >= 11 is 0. The van der Waals surface area contributed by atoms with Gasteiger partial charge in [0.05, 0.1) is 12.2 Å². The molecule has 0 saturated heterocycles. The van der Waals surface area contributed by atoms with Gasteiger partial charge in [0.15, 0.2) is 0 Å². The van der Waals surface area contributed by atoms with Crippen LogP contribution in [0.5, 0.6) is 5.75 Å². The summed E-state index contributed by atoms with van der Waals surface area (Å²) in [7, 11) is 0. The van der Waals surface area contributed by atoms with Crippen molar-refractivity contribution in [3.63, 3.8) is 0 Å². The number of fused-ring (bicyclic) bond motifs is 1. The number of aryl methyl sites for hydroxylation is 1. The fraction of sp³-hybridized carbons (Fsp3) is 0.625. The molecule has 19 heavy (non-hydrogen) atoms. The van der Waals surface area contributed by atoms with Gasteiger partial charge in [0.1, 0.15) is 5.75 Å². The first-order chi connectivity index (χ1) is 8.99. The number of nitrogens with one attached hydrogen (secondary N) is 1.